The number of likely N-dealkylation sites (tertiary alicyclic amines) is 1. The van der Waals surface area contributed by atoms with Gasteiger partial charge >= 0.3 is 0 Å². The third-order valence-corrected chi connectivity index (χ3v) is 5.36. The van der Waals surface area contributed by atoms with Crippen molar-refractivity contribution in [3.63, 3.8) is 0 Å². The maximum atomic E-state index is 14.6. The van der Waals surface area contributed by atoms with Gasteiger partial charge in [0.25, 0.3) is 11.8 Å². The number of ether oxygens (including phenoxy) is 1. The molecule has 8 heteroatoms. The van der Waals surface area contributed by atoms with Gasteiger partial charge < -0.3 is 14.6 Å². The molecule has 1 atom stereocenters. The van der Waals surface area contributed by atoms with Gasteiger partial charge in [-0.3, -0.25) is 4.79 Å². The topological polar surface area (TPSA) is 71.1 Å². The molecule has 0 saturated carbocycles. The van der Waals surface area contributed by atoms with Gasteiger partial charge in [-0.1, -0.05) is 18.2 Å². The minimum Gasteiger partial charge on any atom is -0.466 e. The summed E-state index contributed by atoms with van der Waals surface area (Å²) in [5.41, 5.74) is 2.53. The summed E-state index contributed by atoms with van der Waals surface area (Å²) in [6.45, 7) is -0.265. The maximum absolute atomic E-state index is 14.6. The molecule has 1 aliphatic rings. The minimum atomic E-state index is -3.06. The lowest BCUT2D eigenvalue weighted by Gasteiger charge is -2.38. The number of carbonyl (C=O) groups excluding carboxylic acids is 1. The number of amides is 1. The van der Waals surface area contributed by atoms with E-state index in [2.05, 4.69) is 15.0 Å². The summed E-state index contributed by atoms with van der Waals surface area (Å²) in [6, 6.07) is 15.8. The fourth-order valence-corrected chi connectivity index (χ4v) is 3.69. The Balaban J connectivity index is 1.37. The summed E-state index contributed by atoms with van der Waals surface area (Å²) in [7, 11) is 0. The highest BCUT2D eigenvalue weighted by Gasteiger charge is 2.47. The molecule has 3 heterocycles. The van der Waals surface area contributed by atoms with E-state index in [-0.39, 0.29) is 24.9 Å². The first-order valence-corrected chi connectivity index (χ1v) is 9.62. The van der Waals surface area contributed by atoms with Crippen molar-refractivity contribution in [1.29, 1.82) is 0 Å². The quantitative estimate of drug-likeness (QED) is 0.555. The van der Waals surface area contributed by atoms with Crippen molar-refractivity contribution in [2.75, 3.05) is 13.1 Å². The fourth-order valence-electron chi connectivity index (χ4n) is 3.69. The van der Waals surface area contributed by atoms with Gasteiger partial charge in [-0.05, 0) is 30.3 Å². The Bertz CT molecular complexity index is 1240. The molecule has 5 rings (SSSR count). The number of hydrogen-bond donors (Lipinski definition) is 1. The number of fused-ring (bicyclic) bond motifs is 2. The Hall–Kier alpha value is -3.55. The van der Waals surface area contributed by atoms with Crippen molar-refractivity contribution in [3.8, 4) is 5.88 Å². The molecule has 2 aromatic carbocycles. The number of aromatic amines is 1. The second-order valence-electron chi connectivity index (χ2n) is 7.35. The number of imidazole rings is 1. The highest BCUT2D eigenvalue weighted by molar-refractivity contribution is 5.97. The van der Waals surface area contributed by atoms with Crippen LogP contribution in [0.5, 0.6) is 5.88 Å². The number of H-pyrrole nitrogens is 1. The zero-order chi connectivity index (χ0) is 20.7. The number of piperidine rings is 1. The van der Waals surface area contributed by atoms with Crippen molar-refractivity contribution in [3.05, 3.63) is 66.5 Å². The van der Waals surface area contributed by atoms with E-state index in [1.165, 1.54) is 4.90 Å². The molecule has 152 valence electrons. The van der Waals surface area contributed by atoms with Crippen LogP contribution in [0.2, 0.25) is 0 Å². The Morgan fingerprint density at radius 3 is 2.90 bits per heavy atom. The molecule has 0 radical (unpaired) electrons. The highest BCUT2D eigenvalue weighted by Crippen LogP contribution is 2.32. The maximum Gasteiger partial charge on any atom is 0.287 e. The van der Waals surface area contributed by atoms with Crippen LogP contribution in [-0.2, 0) is 0 Å². The number of para-hydroxylation sites is 1. The van der Waals surface area contributed by atoms with Crippen LogP contribution in [0.25, 0.3) is 21.9 Å². The summed E-state index contributed by atoms with van der Waals surface area (Å²) < 4.78 is 34.7. The third kappa shape index (κ3) is 3.34. The minimum absolute atomic E-state index is 0.0438. The Labute approximate surface area is 170 Å². The number of carbonyl (C=O) groups is 1. The molecule has 1 amide bonds. The average molecular weight is 408 g/mol. The molecule has 0 aliphatic carbocycles. The molecular formula is C22H18F2N4O2. The van der Waals surface area contributed by atoms with Crippen LogP contribution in [0.4, 0.5) is 8.78 Å². The van der Waals surface area contributed by atoms with Gasteiger partial charge in [0.05, 0.1) is 29.4 Å². The van der Waals surface area contributed by atoms with E-state index in [9.17, 15) is 13.6 Å². The van der Waals surface area contributed by atoms with Crippen LogP contribution in [0.15, 0.2) is 60.9 Å². The van der Waals surface area contributed by atoms with Gasteiger partial charge in [0.1, 0.15) is 0 Å². The molecule has 6 nitrogen and oxygen atoms in total. The monoisotopic (exact) mass is 408 g/mol. The van der Waals surface area contributed by atoms with Gasteiger partial charge in [-0.15, -0.1) is 0 Å². The highest BCUT2D eigenvalue weighted by atomic mass is 19.3. The van der Waals surface area contributed by atoms with Gasteiger partial charge in [-0.25, -0.2) is 18.7 Å². The van der Waals surface area contributed by atoms with Crippen LogP contribution in [0.1, 0.15) is 16.8 Å². The van der Waals surface area contributed by atoms with Crippen LogP contribution in [-0.4, -0.2) is 50.9 Å². The van der Waals surface area contributed by atoms with Crippen molar-refractivity contribution < 1.29 is 18.3 Å². The van der Waals surface area contributed by atoms with Crippen molar-refractivity contribution in [2.24, 2.45) is 0 Å². The zero-order valence-corrected chi connectivity index (χ0v) is 15.9. The molecular weight excluding hydrogens is 390 g/mol. The van der Waals surface area contributed by atoms with E-state index in [4.69, 9.17) is 4.74 Å². The van der Waals surface area contributed by atoms with Crippen molar-refractivity contribution in [2.45, 2.75) is 18.4 Å². The molecule has 30 heavy (non-hydrogen) atoms. The number of benzene rings is 2. The lowest BCUT2D eigenvalue weighted by atomic mass is 10.0. The fraction of sp³-hybridized carbons (Fsp3) is 0.227. The largest absolute Gasteiger partial charge is 0.466 e. The van der Waals surface area contributed by atoms with Gasteiger partial charge in [0.15, 0.2) is 6.10 Å². The van der Waals surface area contributed by atoms with E-state index in [1.807, 2.05) is 18.2 Å². The number of rotatable bonds is 3. The summed E-state index contributed by atoms with van der Waals surface area (Å²) in [5, 5.41) is 0.895. The predicted octanol–water partition coefficient (Wildman–Crippen LogP) is 4.04. The molecule has 0 bridgehead atoms. The number of nitrogens with one attached hydrogen (secondary N) is 1. The van der Waals surface area contributed by atoms with Gasteiger partial charge in [0.2, 0.25) is 5.88 Å². The van der Waals surface area contributed by atoms with E-state index in [0.29, 0.717) is 11.1 Å². The number of aromatic nitrogens is 3. The molecule has 1 aliphatic heterocycles. The second kappa shape index (κ2) is 7.05. The molecule has 1 unspecified atom stereocenters. The Kier molecular flexibility index (Phi) is 4.34. The van der Waals surface area contributed by atoms with Crippen LogP contribution in [0, 0.1) is 0 Å². The lowest BCUT2D eigenvalue weighted by Crippen LogP contribution is -2.55. The van der Waals surface area contributed by atoms with Crippen molar-refractivity contribution >= 4 is 27.8 Å². The molecule has 1 fully saturated rings. The van der Waals surface area contributed by atoms with Crippen LogP contribution >= 0.6 is 0 Å². The summed E-state index contributed by atoms with van der Waals surface area (Å²) >= 11 is 0. The first-order chi connectivity index (χ1) is 14.5. The average Bonchev–Trinajstić information content (AvgIpc) is 3.22. The molecule has 0 spiro atoms. The number of hydrogen-bond acceptors (Lipinski definition) is 4. The number of nitrogens with zero attached hydrogens (tertiary/aromatic N) is 3. The number of halogens is 2. The molecule has 2 aromatic heterocycles. The summed E-state index contributed by atoms with van der Waals surface area (Å²) in [4.78, 5) is 25.7. The smallest absolute Gasteiger partial charge is 0.287 e. The van der Waals surface area contributed by atoms with E-state index >= 15 is 0 Å². The number of alkyl halides is 2. The predicted molar refractivity (Wildman–Crippen MR) is 108 cm³/mol. The van der Waals surface area contributed by atoms with E-state index in [0.717, 1.165) is 16.4 Å². The SMILES string of the molecule is O=C(c1ccc2nc[nH]c2c1)N1CCC(F)(F)C(Oc2ccc3ccccc3n2)C1. The third-order valence-electron chi connectivity index (χ3n) is 5.36. The van der Waals surface area contributed by atoms with Gasteiger partial charge in [-0.2, -0.15) is 0 Å². The molecule has 1 N–H and O–H groups in total. The van der Waals surface area contributed by atoms with E-state index in [1.54, 1.807) is 42.7 Å². The zero-order valence-electron chi connectivity index (χ0n) is 15.9. The normalized spacial score (nSPS) is 18.6. The van der Waals surface area contributed by atoms with Gasteiger partial charge in [0, 0.05) is 30.0 Å². The lowest BCUT2D eigenvalue weighted by molar-refractivity contribution is -0.131. The first kappa shape index (κ1) is 18.5. The van der Waals surface area contributed by atoms with Crippen LogP contribution in [0.3, 0.4) is 0 Å². The molecule has 1 saturated heterocycles. The van der Waals surface area contributed by atoms with Crippen LogP contribution < -0.4 is 4.74 Å². The van der Waals surface area contributed by atoms with Crippen molar-refractivity contribution in [1.82, 2.24) is 19.9 Å². The van der Waals surface area contributed by atoms with E-state index < -0.39 is 18.4 Å². The Morgan fingerprint density at radius 2 is 2.00 bits per heavy atom. The number of pyridine rings is 1. The Morgan fingerprint density at radius 1 is 1.13 bits per heavy atom. The molecule has 4 aromatic rings. The summed E-state index contributed by atoms with van der Waals surface area (Å²) in [6.07, 6.45) is -0.399. The standard InChI is InChI=1S/C22H18F2N4O2/c23-22(24)9-10-28(21(29)15-5-7-17-18(11-15)26-13-25-17)12-19(22)30-20-8-6-14-3-1-2-4-16(14)27-20/h1-8,11,13,19H,9-10,12H2,(H,25,26). The first-order valence-electron chi connectivity index (χ1n) is 9.62. The summed E-state index contributed by atoms with van der Waals surface area (Å²) in [5.74, 6) is -3.26. The second-order valence-corrected chi connectivity index (χ2v) is 7.35.